The third-order valence-corrected chi connectivity index (χ3v) is 5.20. The number of halogens is 4. The number of rotatable bonds is 4. The van der Waals surface area contributed by atoms with Crippen molar-refractivity contribution in [3.63, 3.8) is 0 Å². The topological polar surface area (TPSA) is 61.8 Å². The molecule has 0 spiro atoms. The van der Waals surface area contributed by atoms with Gasteiger partial charge in [0.25, 0.3) is 0 Å². The molecule has 3 nitrogen and oxygen atoms in total. The Hall–Kier alpha value is -2.75. The van der Waals surface area contributed by atoms with E-state index in [1.54, 1.807) is 24.3 Å². The number of benzene rings is 2. The molecule has 1 aliphatic rings. The van der Waals surface area contributed by atoms with Gasteiger partial charge in [-0.3, -0.25) is 0 Å². The van der Waals surface area contributed by atoms with Crippen molar-refractivity contribution < 1.29 is 13.2 Å². The van der Waals surface area contributed by atoms with Gasteiger partial charge in [0.15, 0.2) is 0 Å². The number of anilines is 1. The van der Waals surface area contributed by atoms with E-state index >= 15 is 0 Å². The van der Waals surface area contributed by atoms with E-state index in [4.69, 9.17) is 22.6 Å². The van der Waals surface area contributed by atoms with Crippen molar-refractivity contribution in [1.29, 1.82) is 5.26 Å². The summed E-state index contributed by atoms with van der Waals surface area (Å²) in [5, 5.41) is 12.5. The minimum Gasteiger partial charge on any atom is -0.359 e. The molecule has 0 amide bonds. The molecule has 0 radical (unpaired) electrons. The fraction of sp³-hybridized carbons (Fsp3) is 0.227. The second-order valence-electron chi connectivity index (χ2n) is 6.88. The van der Waals surface area contributed by atoms with Gasteiger partial charge in [0, 0.05) is 16.4 Å². The van der Waals surface area contributed by atoms with E-state index in [9.17, 15) is 13.2 Å². The lowest BCUT2D eigenvalue weighted by Crippen LogP contribution is -2.22. The molecule has 150 valence electrons. The van der Waals surface area contributed by atoms with Crippen LogP contribution >= 0.6 is 11.6 Å². The van der Waals surface area contributed by atoms with Crippen LogP contribution in [0.3, 0.4) is 0 Å². The highest BCUT2D eigenvalue weighted by molar-refractivity contribution is 6.31. The molecule has 3 N–H and O–H groups in total. The number of nitrogens with one attached hydrogen (secondary N) is 1. The smallest absolute Gasteiger partial charge is 0.359 e. The first-order chi connectivity index (χ1) is 13.7. The quantitative estimate of drug-likeness (QED) is 0.610. The molecular formula is C22H19ClF3N3. The molecule has 0 saturated carbocycles. The Morgan fingerprint density at radius 3 is 2.59 bits per heavy atom. The first-order valence-electron chi connectivity index (χ1n) is 9.01. The largest absolute Gasteiger partial charge is 0.416 e. The normalized spacial score (nSPS) is 15.8. The number of alkyl halides is 3. The average Bonchev–Trinajstić information content (AvgIpc) is 2.67. The lowest BCUT2D eigenvalue weighted by molar-refractivity contribution is -0.137. The maximum Gasteiger partial charge on any atom is 0.416 e. The van der Waals surface area contributed by atoms with E-state index < -0.39 is 17.8 Å². The van der Waals surface area contributed by atoms with Gasteiger partial charge < -0.3 is 11.1 Å². The molecule has 0 saturated heterocycles. The van der Waals surface area contributed by atoms with Gasteiger partial charge in [0.2, 0.25) is 0 Å². The lowest BCUT2D eigenvalue weighted by Gasteiger charge is -2.28. The Labute approximate surface area is 172 Å². The van der Waals surface area contributed by atoms with Gasteiger partial charge in [-0.15, -0.1) is 0 Å². The summed E-state index contributed by atoms with van der Waals surface area (Å²) in [5.41, 5.74) is 9.44. The predicted octanol–water partition coefficient (Wildman–Crippen LogP) is 6.34. The molecule has 2 aromatic rings. The maximum atomic E-state index is 13.0. The standard InChI is InChI=1S/C22H19ClF3N3/c1-13-4-2-7-19(29-16-6-3-5-15(11-16)22(24,25)26)20(13)21(28)17-9-8-14(12-27)10-18(17)23/h3,5-6,8-11,21,29H,1-2,4,7,28H2. The summed E-state index contributed by atoms with van der Waals surface area (Å²) in [6.45, 7) is 4.10. The molecule has 2 aromatic carbocycles. The van der Waals surface area contributed by atoms with E-state index in [2.05, 4.69) is 11.9 Å². The number of nitrogens with zero attached hydrogens (tertiary/aromatic N) is 1. The van der Waals surface area contributed by atoms with Gasteiger partial charge in [-0.2, -0.15) is 18.4 Å². The molecule has 0 heterocycles. The minimum absolute atomic E-state index is 0.333. The second kappa shape index (κ2) is 8.32. The zero-order valence-corrected chi connectivity index (χ0v) is 16.2. The zero-order valence-electron chi connectivity index (χ0n) is 15.5. The Bertz CT molecular complexity index is 1020. The Balaban J connectivity index is 2.00. The highest BCUT2D eigenvalue weighted by Crippen LogP contribution is 2.39. The summed E-state index contributed by atoms with van der Waals surface area (Å²) in [4.78, 5) is 0. The van der Waals surface area contributed by atoms with Crippen molar-refractivity contribution in [2.75, 3.05) is 5.32 Å². The first-order valence-corrected chi connectivity index (χ1v) is 9.39. The van der Waals surface area contributed by atoms with Crippen LogP contribution in [0.25, 0.3) is 0 Å². The summed E-state index contributed by atoms with van der Waals surface area (Å²) in [7, 11) is 0. The van der Waals surface area contributed by atoms with Crippen LogP contribution in [-0.2, 0) is 6.18 Å². The molecule has 0 aromatic heterocycles. The molecule has 1 atom stereocenters. The molecule has 0 fully saturated rings. The number of nitrogens with two attached hydrogens (primary N) is 1. The lowest BCUT2D eigenvalue weighted by atomic mass is 9.84. The fourth-order valence-corrected chi connectivity index (χ4v) is 3.75. The molecule has 1 unspecified atom stereocenters. The Morgan fingerprint density at radius 2 is 1.93 bits per heavy atom. The second-order valence-corrected chi connectivity index (χ2v) is 7.29. The Kier molecular flexibility index (Phi) is 6.02. The molecule has 1 aliphatic carbocycles. The van der Waals surface area contributed by atoms with Crippen LogP contribution in [0, 0.1) is 11.3 Å². The van der Waals surface area contributed by atoms with Crippen molar-refractivity contribution in [1.82, 2.24) is 0 Å². The Morgan fingerprint density at radius 1 is 1.17 bits per heavy atom. The van der Waals surface area contributed by atoms with Crippen molar-refractivity contribution in [2.24, 2.45) is 5.73 Å². The van der Waals surface area contributed by atoms with Gasteiger partial charge in [-0.05, 0) is 66.3 Å². The van der Waals surface area contributed by atoms with E-state index in [1.807, 2.05) is 6.07 Å². The van der Waals surface area contributed by atoms with Crippen LogP contribution in [0.2, 0.25) is 5.02 Å². The van der Waals surface area contributed by atoms with Crippen molar-refractivity contribution in [3.05, 3.63) is 87.6 Å². The van der Waals surface area contributed by atoms with E-state index in [0.717, 1.165) is 41.8 Å². The summed E-state index contributed by atoms with van der Waals surface area (Å²) in [6.07, 6.45) is -2.23. The maximum absolute atomic E-state index is 13.0. The highest BCUT2D eigenvalue weighted by Gasteiger charge is 2.31. The SMILES string of the molecule is C=C1CCCC(Nc2cccc(C(F)(F)F)c2)=C1C(N)c1ccc(C#N)cc1Cl. The minimum atomic E-state index is -4.42. The van der Waals surface area contributed by atoms with Gasteiger partial charge in [0.1, 0.15) is 0 Å². The number of nitriles is 1. The van der Waals surface area contributed by atoms with Crippen LogP contribution in [0.5, 0.6) is 0 Å². The molecule has 3 rings (SSSR count). The zero-order chi connectivity index (χ0) is 21.2. The monoisotopic (exact) mass is 417 g/mol. The number of hydrogen-bond acceptors (Lipinski definition) is 3. The van der Waals surface area contributed by atoms with Crippen LogP contribution in [0.15, 0.2) is 65.9 Å². The average molecular weight is 418 g/mol. The highest BCUT2D eigenvalue weighted by atomic mass is 35.5. The predicted molar refractivity (Wildman–Crippen MR) is 108 cm³/mol. The van der Waals surface area contributed by atoms with E-state index in [0.29, 0.717) is 28.3 Å². The summed E-state index contributed by atoms with van der Waals surface area (Å²) < 4.78 is 39.1. The van der Waals surface area contributed by atoms with Crippen LogP contribution in [0.1, 0.15) is 42.0 Å². The first kappa shape index (κ1) is 21.0. The molecule has 7 heteroatoms. The van der Waals surface area contributed by atoms with Crippen LogP contribution in [-0.4, -0.2) is 0 Å². The molecule has 29 heavy (non-hydrogen) atoms. The third kappa shape index (κ3) is 4.64. The van der Waals surface area contributed by atoms with Gasteiger partial charge >= 0.3 is 6.18 Å². The van der Waals surface area contributed by atoms with Gasteiger partial charge in [0.05, 0.1) is 23.2 Å². The molecule has 0 aliphatic heterocycles. The third-order valence-electron chi connectivity index (χ3n) is 4.87. The van der Waals surface area contributed by atoms with Crippen LogP contribution in [0.4, 0.5) is 18.9 Å². The number of hydrogen-bond donors (Lipinski definition) is 2. The van der Waals surface area contributed by atoms with E-state index in [-0.39, 0.29) is 0 Å². The van der Waals surface area contributed by atoms with Crippen molar-refractivity contribution in [2.45, 2.75) is 31.5 Å². The number of allylic oxidation sites excluding steroid dienone is 1. The summed E-state index contributed by atoms with van der Waals surface area (Å²) >= 11 is 6.32. The van der Waals surface area contributed by atoms with Crippen molar-refractivity contribution in [3.8, 4) is 6.07 Å². The summed E-state index contributed by atoms with van der Waals surface area (Å²) in [6, 6.07) is 11.3. The van der Waals surface area contributed by atoms with E-state index in [1.165, 1.54) is 6.07 Å². The molecule has 0 bridgehead atoms. The molecular weight excluding hydrogens is 399 g/mol. The van der Waals surface area contributed by atoms with Gasteiger partial charge in [-0.1, -0.05) is 30.3 Å². The van der Waals surface area contributed by atoms with Gasteiger partial charge in [-0.25, -0.2) is 0 Å². The van der Waals surface area contributed by atoms with Crippen LogP contribution < -0.4 is 11.1 Å². The summed E-state index contributed by atoms with van der Waals surface area (Å²) in [5.74, 6) is 0. The van der Waals surface area contributed by atoms with Crippen molar-refractivity contribution >= 4 is 17.3 Å². The fourth-order valence-electron chi connectivity index (χ4n) is 3.45.